The molecule has 100 valence electrons. The first-order valence-electron chi connectivity index (χ1n) is 7.09. The third-order valence-electron chi connectivity index (χ3n) is 4.52. The lowest BCUT2D eigenvalue weighted by molar-refractivity contribution is 0.136. The van der Waals surface area contributed by atoms with Crippen LogP contribution in [0.1, 0.15) is 38.4 Å². The molecule has 2 bridgehead atoms. The zero-order valence-electron chi connectivity index (χ0n) is 11.3. The predicted octanol–water partition coefficient (Wildman–Crippen LogP) is 0.920. The summed E-state index contributed by atoms with van der Waals surface area (Å²) in [5.74, 6) is 1.07. The fourth-order valence-corrected chi connectivity index (χ4v) is 3.47. The van der Waals surface area contributed by atoms with Gasteiger partial charge in [0.1, 0.15) is 12.2 Å². The van der Waals surface area contributed by atoms with E-state index in [1.54, 1.807) is 6.33 Å². The molecule has 5 heteroatoms. The molecule has 0 aromatic carbocycles. The summed E-state index contributed by atoms with van der Waals surface area (Å²) >= 11 is 0. The molecule has 0 saturated carbocycles. The van der Waals surface area contributed by atoms with Crippen LogP contribution in [-0.2, 0) is 13.6 Å². The van der Waals surface area contributed by atoms with Gasteiger partial charge in [0.25, 0.3) is 0 Å². The van der Waals surface area contributed by atoms with E-state index in [9.17, 15) is 0 Å². The zero-order valence-corrected chi connectivity index (χ0v) is 11.3. The Bertz CT molecular complexity index is 390. The van der Waals surface area contributed by atoms with Gasteiger partial charge in [0, 0.05) is 25.2 Å². The van der Waals surface area contributed by atoms with Gasteiger partial charge in [-0.05, 0) is 32.2 Å². The summed E-state index contributed by atoms with van der Waals surface area (Å²) in [6, 6.07) is 2.22. The van der Waals surface area contributed by atoms with Crippen molar-refractivity contribution < 1.29 is 0 Å². The Hall–Kier alpha value is -0.940. The summed E-state index contributed by atoms with van der Waals surface area (Å²) in [5, 5.41) is 7.87. The van der Waals surface area contributed by atoms with Crippen LogP contribution in [0.5, 0.6) is 0 Å². The molecule has 2 fully saturated rings. The Labute approximate surface area is 109 Å². The van der Waals surface area contributed by atoms with E-state index in [0.717, 1.165) is 31.0 Å². The summed E-state index contributed by atoms with van der Waals surface area (Å²) < 4.78 is 1.89. The molecule has 2 aliphatic rings. The first kappa shape index (κ1) is 12.1. The van der Waals surface area contributed by atoms with Crippen LogP contribution >= 0.6 is 0 Å². The molecule has 0 spiro atoms. The van der Waals surface area contributed by atoms with Gasteiger partial charge in [0.15, 0.2) is 0 Å². The molecule has 0 amide bonds. The van der Waals surface area contributed by atoms with Gasteiger partial charge in [-0.2, -0.15) is 5.10 Å². The molecule has 5 nitrogen and oxygen atoms in total. The molecule has 0 aliphatic carbocycles. The number of fused-ring (bicyclic) bond motifs is 2. The molecule has 2 aliphatic heterocycles. The summed E-state index contributed by atoms with van der Waals surface area (Å²) in [7, 11) is 1.97. The second-order valence-electron chi connectivity index (χ2n) is 5.63. The minimum atomic E-state index is 0.713. The van der Waals surface area contributed by atoms with Crippen molar-refractivity contribution in [2.45, 2.75) is 57.3 Å². The first-order chi connectivity index (χ1) is 8.76. The van der Waals surface area contributed by atoms with Crippen molar-refractivity contribution in [3.8, 4) is 0 Å². The van der Waals surface area contributed by atoms with E-state index in [-0.39, 0.29) is 0 Å². The van der Waals surface area contributed by atoms with Crippen molar-refractivity contribution in [1.29, 1.82) is 0 Å². The zero-order chi connectivity index (χ0) is 12.5. The normalized spacial score (nSPS) is 31.2. The van der Waals surface area contributed by atoms with Crippen molar-refractivity contribution in [3.05, 3.63) is 12.2 Å². The fourth-order valence-electron chi connectivity index (χ4n) is 3.47. The Balaban J connectivity index is 1.67. The van der Waals surface area contributed by atoms with Crippen LogP contribution in [0, 0.1) is 0 Å². The quantitative estimate of drug-likeness (QED) is 0.862. The van der Waals surface area contributed by atoms with Crippen LogP contribution in [-0.4, -0.2) is 44.3 Å². The van der Waals surface area contributed by atoms with Crippen LogP contribution in [0.15, 0.2) is 6.33 Å². The van der Waals surface area contributed by atoms with E-state index in [0.29, 0.717) is 6.04 Å². The smallest absolute Gasteiger partial charge is 0.140 e. The molecule has 1 aromatic heterocycles. The number of hydrogen-bond acceptors (Lipinski definition) is 4. The van der Waals surface area contributed by atoms with Crippen molar-refractivity contribution in [2.24, 2.45) is 7.05 Å². The van der Waals surface area contributed by atoms with E-state index in [2.05, 4.69) is 27.2 Å². The Kier molecular flexibility index (Phi) is 3.35. The maximum absolute atomic E-state index is 4.35. The standard InChI is InChI=1S/C13H23N5/c1-3-18(8-13-14-9-15-17(13)2)12-6-10-4-5-11(7-12)16-10/h9-12,16H,3-8H2,1-2H3. The highest BCUT2D eigenvalue weighted by Gasteiger charge is 2.35. The molecule has 2 atom stereocenters. The van der Waals surface area contributed by atoms with Crippen LogP contribution in [0.3, 0.4) is 0 Å². The summed E-state index contributed by atoms with van der Waals surface area (Å²) in [6.07, 6.45) is 6.96. The Morgan fingerprint density at radius 3 is 2.67 bits per heavy atom. The summed E-state index contributed by atoms with van der Waals surface area (Å²) in [5.41, 5.74) is 0. The number of aryl methyl sites for hydroxylation is 1. The molecule has 2 saturated heterocycles. The van der Waals surface area contributed by atoms with Crippen molar-refractivity contribution in [2.75, 3.05) is 6.54 Å². The van der Waals surface area contributed by atoms with E-state index in [4.69, 9.17) is 0 Å². The average Bonchev–Trinajstić information content (AvgIpc) is 2.92. The number of piperidine rings is 1. The number of nitrogens with zero attached hydrogens (tertiary/aromatic N) is 4. The Morgan fingerprint density at radius 2 is 2.11 bits per heavy atom. The Morgan fingerprint density at radius 1 is 1.39 bits per heavy atom. The molecule has 3 rings (SSSR count). The van der Waals surface area contributed by atoms with Gasteiger partial charge in [0.05, 0.1) is 6.54 Å². The molecule has 1 N–H and O–H groups in total. The van der Waals surface area contributed by atoms with E-state index < -0.39 is 0 Å². The number of aromatic nitrogens is 3. The molecular weight excluding hydrogens is 226 g/mol. The lowest BCUT2D eigenvalue weighted by atomic mass is 9.98. The number of nitrogens with one attached hydrogen (secondary N) is 1. The number of rotatable bonds is 4. The second-order valence-corrected chi connectivity index (χ2v) is 5.63. The monoisotopic (exact) mass is 249 g/mol. The van der Waals surface area contributed by atoms with Gasteiger partial charge in [-0.3, -0.25) is 9.58 Å². The molecule has 3 heterocycles. The summed E-state index contributed by atoms with van der Waals surface area (Å²) in [6.45, 7) is 4.27. The minimum absolute atomic E-state index is 0.713. The molecule has 1 aromatic rings. The predicted molar refractivity (Wildman–Crippen MR) is 70.1 cm³/mol. The SMILES string of the molecule is CCN(Cc1ncnn1C)C1CC2CCC(C1)N2. The lowest BCUT2D eigenvalue weighted by Crippen LogP contribution is -2.48. The maximum atomic E-state index is 4.35. The van der Waals surface area contributed by atoms with E-state index in [1.165, 1.54) is 25.7 Å². The average molecular weight is 249 g/mol. The third kappa shape index (κ3) is 2.29. The molecule has 18 heavy (non-hydrogen) atoms. The van der Waals surface area contributed by atoms with Gasteiger partial charge in [-0.15, -0.1) is 0 Å². The van der Waals surface area contributed by atoms with Crippen LogP contribution in [0.4, 0.5) is 0 Å². The second kappa shape index (κ2) is 4.97. The van der Waals surface area contributed by atoms with Gasteiger partial charge in [-0.1, -0.05) is 6.92 Å². The summed E-state index contributed by atoms with van der Waals surface area (Å²) in [4.78, 5) is 6.91. The van der Waals surface area contributed by atoms with Crippen LogP contribution in [0.25, 0.3) is 0 Å². The molecule has 2 unspecified atom stereocenters. The van der Waals surface area contributed by atoms with Crippen LogP contribution in [0.2, 0.25) is 0 Å². The highest BCUT2D eigenvalue weighted by molar-refractivity contribution is 4.96. The van der Waals surface area contributed by atoms with E-state index >= 15 is 0 Å². The minimum Gasteiger partial charge on any atom is -0.311 e. The fraction of sp³-hybridized carbons (Fsp3) is 0.846. The number of hydrogen-bond donors (Lipinski definition) is 1. The van der Waals surface area contributed by atoms with Crippen molar-refractivity contribution >= 4 is 0 Å². The largest absolute Gasteiger partial charge is 0.311 e. The third-order valence-corrected chi connectivity index (χ3v) is 4.52. The first-order valence-corrected chi connectivity index (χ1v) is 7.09. The van der Waals surface area contributed by atoms with Crippen molar-refractivity contribution in [3.63, 3.8) is 0 Å². The van der Waals surface area contributed by atoms with Gasteiger partial charge in [0.2, 0.25) is 0 Å². The topological polar surface area (TPSA) is 46.0 Å². The highest BCUT2D eigenvalue weighted by atomic mass is 15.3. The van der Waals surface area contributed by atoms with Gasteiger partial charge in [-0.25, -0.2) is 4.98 Å². The van der Waals surface area contributed by atoms with Crippen molar-refractivity contribution in [1.82, 2.24) is 25.0 Å². The van der Waals surface area contributed by atoms with E-state index in [1.807, 2.05) is 11.7 Å². The molecule has 0 radical (unpaired) electrons. The van der Waals surface area contributed by atoms with Crippen LogP contribution < -0.4 is 5.32 Å². The van der Waals surface area contributed by atoms with Gasteiger partial charge < -0.3 is 5.32 Å². The molecular formula is C13H23N5. The lowest BCUT2D eigenvalue weighted by Gasteiger charge is -2.37. The van der Waals surface area contributed by atoms with Gasteiger partial charge >= 0.3 is 0 Å². The highest BCUT2D eigenvalue weighted by Crippen LogP contribution is 2.30. The maximum Gasteiger partial charge on any atom is 0.140 e.